The quantitative estimate of drug-likeness (QED) is 0.525. The van der Waals surface area contributed by atoms with Crippen molar-refractivity contribution in [3.63, 3.8) is 0 Å². The largest absolute Gasteiger partial charge is 0.464 e. The summed E-state index contributed by atoms with van der Waals surface area (Å²) < 4.78 is 6.46. The molecule has 3 aromatic carbocycles. The van der Waals surface area contributed by atoms with Gasteiger partial charge in [-0.2, -0.15) is 5.10 Å². The highest BCUT2D eigenvalue weighted by molar-refractivity contribution is 6.01. The maximum atomic E-state index is 6.46. The molecule has 3 nitrogen and oxygen atoms in total. The summed E-state index contributed by atoms with van der Waals surface area (Å²) in [5, 5.41) is 7.18. The first-order valence-corrected chi connectivity index (χ1v) is 10.3. The van der Waals surface area contributed by atoms with Crippen molar-refractivity contribution in [1.29, 1.82) is 0 Å². The minimum atomic E-state index is -0.217. The van der Waals surface area contributed by atoms with Crippen LogP contribution in [0.2, 0.25) is 0 Å². The maximum absolute atomic E-state index is 6.46. The van der Waals surface area contributed by atoms with Gasteiger partial charge in [0.2, 0.25) is 6.23 Å². The van der Waals surface area contributed by atoms with Gasteiger partial charge in [-0.3, -0.25) is 0 Å². The highest BCUT2D eigenvalue weighted by Gasteiger charge is 2.40. The molecular formula is C26H26N2O. The van der Waals surface area contributed by atoms with E-state index in [2.05, 4.69) is 92.5 Å². The molecule has 2 aliphatic rings. The SMILES string of the molecule is CC(C)(C)c1ccc([C@H]2Oc3ccccc3[C@@H]3CC(c4ccccc4)=NN23)cc1. The van der Waals surface area contributed by atoms with Crippen LogP contribution in [0.5, 0.6) is 5.75 Å². The minimum Gasteiger partial charge on any atom is -0.464 e. The van der Waals surface area contributed by atoms with E-state index in [9.17, 15) is 0 Å². The Balaban J connectivity index is 1.56. The summed E-state index contributed by atoms with van der Waals surface area (Å²) in [6.07, 6.45) is 0.672. The van der Waals surface area contributed by atoms with E-state index in [1.54, 1.807) is 0 Å². The van der Waals surface area contributed by atoms with E-state index in [1.807, 2.05) is 12.1 Å². The average Bonchev–Trinajstić information content (AvgIpc) is 3.19. The van der Waals surface area contributed by atoms with Crippen LogP contribution < -0.4 is 4.74 Å². The number of hydrazone groups is 1. The molecule has 0 unspecified atom stereocenters. The molecule has 5 rings (SSSR count). The Morgan fingerprint density at radius 3 is 2.28 bits per heavy atom. The number of ether oxygens (including phenoxy) is 1. The molecule has 2 heterocycles. The minimum absolute atomic E-state index is 0.132. The topological polar surface area (TPSA) is 24.8 Å². The Morgan fingerprint density at radius 2 is 1.55 bits per heavy atom. The summed E-state index contributed by atoms with van der Waals surface area (Å²) in [4.78, 5) is 0. The van der Waals surface area contributed by atoms with E-state index in [0.717, 1.165) is 23.4 Å². The predicted octanol–water partition coefficient (Wildman–Crippen LogP) is 6.23. The normalized spacial score (nSPS) is 20.5. The van der Waals surface area contributed by atoms with Crippen LogP contribution in [0.25, 0.3) is 0 Å². The van der Waals surface area contributed by atoms with Crippen molar-refractivity contribution < 1.29 is 4.74 Å². The lowest BCUT2D eigenvalue weighted by Gasteiger charge is -2.38. The number of para-hydroxylation sites is 1. The van der Waals surface area contributed by atoms with Crippen LogP contribution in [0.4, 0.5) is 0 Å². The van der Waals surface area contributed by atoms with Gasteiger partial charge in [0, 0.05) is 17.5 Å². The van der Waals surface area contributed by atoms with Crippen LogP contribution in [0.1, 0.15) is 61.7 Å². The molecule has 3 heteroatoms. The van der Waals surface area contributed by atoms with Crippen molar-refractivity contribution in [2.24, 2.45) is 5.10 Å². The Morgan fingerprint density at radius 1 is 0.862 bits per heavy atom. The Labute approximate surface area is 172 Å². The van der Waals surface area contributed by atoms with Crippen molar-refractivity contribution in [2.75, 3.05) is 0 Å². The molecule has 0 fully saturated rings. The van der Waals surface area contributed by atoms with Gasteiger partial charge < -0.3 is 4.74 Å². The van der Waals surface area contributed by atoms with E-state index >= 15 is 0 Å². The van der Waals surface area contributed by atoms with E-state index in [1.165, 1.54) is 16.7 Å². The van der Waals surface area contributed by atoms with Gasteiger partial charge in [0.15, 0.2) is 0 Å². The second kappa shape index (κ2) is 6.77. The molecule has 0 amide bonds. The number of hydrogen-bond acceptors (Lipinski definition) is 3. The number of rotatable bonds is 2. The summed E-state index contributed by atoms with van der Waals surface area (Å²) in [5.41, 5.74) is 6.10. The zero-order valence-corrected chi connectivity index (χ0v) is 17.2. The predicted molar refractivity (Wildman–Crippen MR) is 117 cm³/mol. The van der Waals surface area contributed by atoms with Crippen molar-refractivity contribution >= 4 is 5.71 Å². The van der Waals surface area contributed by atoms with Crippen LogP contribution in [0.15, 0.2) is 84.0 Å². The highest BCUT2D eigenvalue weighted by Crippen LogP contribution is 2.47. The van der Waals surface area contributed by atoms with Crippen molar-refractivity contribution in [3.8, 4) is 5.75 Å². The van der Waals surface area contributed by atoms with Gasteiger partial charge in [-0.15, -0.1) is 0 Å². The molecule has 3 aromatic rings. The molecule has 0 aromatic heterocycles. The van der Waals surface area contributed by atoms with Crippen molar-refractivity contribution in [3.05, 3.63) is 101 Å². The fraction of sp³-hybridized carbons (Fsp3) is 0.269. The lowest BCUT2D eigenvalue weighted by Crippen LogP contribution is -2.33. The van der Waals surface area contributed by atoms with Gasteiger partial charge in [0.05, 0.1) is 11.8 Å². The fourth-order valence-corrected chi connectivity index (χ4v) is 4.21. The first-order valence-electron chi connectivity index (χ1n) is 10.3. The lowest BCUT2D eigenvalue weighted by atomic mass is 9.86. The summed E-state index contributed by atoms with van der Waals surface area (Å²) in [5.74, 6) is 0.961. The Hall–Kier alpha value is -3.07. The van der Waals surface area contributed by atoms with E-state index in [0.29, 0.717) is 0 Å². The third-order valence-corrected chi connectivity index (χ3v) is 5.87. The van der Waals surface area contributed by atoms with E-state index < -0.39 is 0 Å². The Bertz CT molecular complexity index is 1050. The lowest BCUT2D eigenvalue weighted by molar-refractivity contribution is -0.0190. The van der Waals surface area contributed by atoms with E-state index in [-0.39, 0.29) is 17.7 Å². The number of benzene rings is 3. The van der Waals surface area contributed by atoms with Gasteiger partial charge in [0.25, 0.3) is 0 Å². The molecule has 0 saturated carbocycles. The summed E-state index contributed by atoms with van der Waals surface area (Å²) in [6, 6.07) is 27.8. The second-order valence-electron chi connectivity index (χ2n) is 8.89. The third kappa shape index (κ3) is 3.21. The molecule has 0 spiro atoms. The second-order valence-corrected chi connectivity index (χ2v) is 8.89. The smallest absolute Gasteiger partial charge is 0.213 e. The average molecular weight is 383 g/mol. The maximum Gasteiger partial charge on any atom is 0.213 e. The molecule has 2 aliphatic heterocycles. The van der Waals surface area contributed by atoms with E-state index in [4.69, 9.17) is 9.84 Å². The Kier molecular flexibility index (Phi) is 4.20. The van der Waals surface area contributed by atoms with Crippen LogP contribution in [-0.2, 0) is 5.41 Å². The molecule has 0 aliphatic carbocycles. The van der Waals surface area contributed by atoms with Crippen molar-refractivity contribution in [1.82, 2.24) is 5.01 Å². The number of fused-ring (bicyclic) bond motifs is 3. The zero-order chi connectivity index (χ0) is 20.0. The zero-order valence-electron chi connectivity index (χ0n) is 17.2. The fourth-order valence-electron chi connectivity index (χ4n) is 4.21. The van der Waals surface area contributed by atoms with Crippen LogP contribution >= 0.6 is 0 Å². The number of nitrogens with zero attached hydrogens (tertiary/aromatic N) is 2. The first kappa shape index (κ1) is 18.0. The standard InChI is InChI=1S/C26H26N2O/c1-26(2,3)20-15-13-19(14-16-20)25-28-23(21-11-7-8-12-24(21)29-25)17-22(27-28)18-9-5-4-6-10-18/h4-16,23,25H,17H2,1-3H3/t23-,25+/m0/s1. The van der Waals surface area contributed by atoms with Gasteiger partial charge in [0.1, 0.15) is 5.75 Å². The number of hydrogen-bond donors (Lipinski definition) is 0. The van der Waals surface area contributed by atoms with Gasteiger partial charge in [-0.1, -0.05) is 93.6 Å². The molecule has 0 saturated heterocycles. The van der Waals surface area contributed by atoms with Crippen LogP contribution in [0, 0.1) is 0 Å². The summed E-state index contributed by atoms with van der Waals surface area (Å²) >= 11 is 0. The van der Waals surface area contributed by atoms with Gasteiger partial charge in [-0.25, -0.2) is 5.01 Å². The van der Waals surface area contributed by atoms with Gasteiger partial charge in [-0.05, 0) is 22.6 Å². The molecule has 2 atom stereocenters. The molecule has 29 heavy (non-hydrogen) atoms. The van der Waals surface area contributed by atoms with Crippen LogP contribution in [-0.4, -0.2) is 10.7 Å². The first-order chi connectivity index (χ1) is 14.0. The third-order valence-electron chi connectivity index (χ3n) is 5.87. The highest BCUT2D eigenvalue weighted by atomic mass is 16.5. The molecule has 0 N–H and O–H groups in total. The molecule has 0 radical (unpaired) electrons. The van der Waals surface area contributed by atoms with Gasteiger partial charge >= 0.3 is 0 Å². The van der Waals surface area contributed by atoms with Crippen LogP contribution in [0.3, 0.4) is 0 Å². The summed E-state index contributed by atoms with van der Waals surface area (Å²) in [7, 11) is 0. The molecular weight excluding hydrogens is 356 g/mol. The summed E-state index contributed by atoms with van der Waals surface area (Å²) in [6.45, 7) is 6.72. The molecule has 146 valence electrons. The van der Waals surface area contributed by atoms with Crippen molar-refractivity contribution in [2.45, 2.75) is 44.9 Å². The molecule has 0 bridgehead atoms. The monoisotopic (exact) mass is 382 g/mol.